The van der Waals surface area contributed by atoms with Gasteiger partial charge in [-0.1, -0.05) is 24.6 Å². The predicted molar refractivity (Wildman–Crippen MR) is 94.9 cm³/mol. The molecule has 1 aromatic rings. The van der Waals surface area contributed by atoms with Gasteiger partial charge in [0.15, 0.2) is 0 Å². The quantitative estimate of drug-likeness (QED) is 0.855. The van der Waals surface area contributed by atoms with Crippen molar-refractivity contribution in [2.45, 2.75) is 43.0 Å². The van der Waals surface area contributed by atoms with Gasteiger partial charge in [-0.2, -0.15) is 4.31 Å². The van der Waals surface area contributed by atoms with Gasteiger partial charge in [-0.3, -0.25) is 9.59 Å². The van der Waals surface area contributed by atoms with Crippen molar-refractivity contribution in [3.63, 3.8) is 0 Å². The molecule has 2 saturated heterocycles. The summed E-state index contributed by atoms with van der Waals surface area (Å²) in [5, 5.41) is 9.23. The molecule has 2 aliphatic rings. The van der Waals surface area contributed by atoms with Crippen molar-refractivity contribution in [3.8, 4) is 0 Å². The highest BCUT2D eigenvalue weighted by Gasteiger charge is 2.40. The Morgan fingerprint density at radius 1 is 1.00 bits per heavy atom. The van der Waals surface area contributed by atoms with Crippen molar-refractivity contribution in [3.05, 3.63) is 30.3 Å². The van der Waals surface area contributed by atoms with Crippen molar-refractivity contribution >= 4 is 21.9 Å². The molecule has 26 heavy (non-hydrogen) atoms. The van der Waals surface area contributed by atoms with E-state index in [0.717, 1.165) is 6.42 Å². The van der Waals surface area contributed by atoms with Crippen LogP contribution in [0.4, 0.5) is 0 Å². The average Bonchev–Trinajstić information content (AvgIpc) is 2.68. The van der Waals surface area contributed by atoms with Gasteiger partial charge in [0.1, 0.15) is 6.04 Å². The van der Waals surface area contributed by atoms with Crippen LogP contribution < -0.4 is 0 Å². The van der Waals surface area contributed by atoms with E-state index in [1.807, 2.05) is 0 Å². The lowest BCUT2D eigenvalue weighted by Crippen LogP contribution is -2.55. The second kappa shape index (κ2) is 7.75. The smallest absolute Gasteiger partial charge is 0.308 e. The largest absolute Gasteiger partial charge is 0.481 e. The van der Waals surface area contributed by atoms with Gasteiger partial charge in [-0.15, -0.1) is 0 Å². The van der Waals surface area contributed by atoms with Crippen molar-refractivity contribution in [2.24, 2.45) is 5.92 Å². The zero-order chi connectivity index (χ0) is 18.7. The molecule has 0 radical (unpaired) electrons. The van der Waals surface area contributed by atoms with E-state index in [9.17, 15) is 23.1 Å². The lowest BCUT2D eigenvalue weighted by atomic mass is 9.96. The van der Waals surface area contributed by atoms with Gasteiger partial charge >= 0.3 is 5.97 Å². The topological polar surface area (TPSA) is 95.0 Å². The zero-order valence-corrected chi connectivity index (χ0v) is 15.4. The number of hydrogen-bond acceptors (Lipinski definition) is 4. The fourth-order valence-corrected chi connectivity index (χ4v) is 5.43. The van der Waals surface area contributed by atoms with Crippen LogP contribution in [0.25, 0.3) is 0 Å². The second-order valence-electron chi connectivity index (χ2n) is 6.90. The first-order chi connectivity index (χ1) is 12.4. The first kappa shape index (κ1) is 18.8. The van der Waals surface area contributed by atoms with E-state index in [-0.39, 0.29) is 17.3 Å². The number of nitrogens with zero attached hydrogens (tertiary/aromatic N) is 2. The number of carboxylic acid groups (broad SMARTS) is 1. The van der Waals surface area contributed by atoms with Crippen LogP contribution in [0.15, 0.2) is 35.2 Å². The number of piperidine rings is 2. The summed E-state index contributed by atoms with van der Waals surface area (Å²) in [6, 6.07) is 7.39. The number of amides is 1. The van der Waals surface area contributed by atoms with Crippen LogP contribution in [-0.2, 0) is 19.6 Å². The minimum absolute atomic E-state index is 0.157. The lowest BCUT2D eigenvalue weighted by Gasteiger charge is -2.39. The van der Waals surface area contributed by atoms with E-state index < -0.39 is 28.0 Å². The molecule has 2 aliphatic heterocycles. The summed E-state index contributed by atoms with van der Waals surface area (Å²) < 4.78 is 27.3. The van der Waals surface area contributed by atoms with Crippen molar-refractivity contribution < 1.29 is 23.1 Å². The number of sulfonamides is 1. The zero-order valence-electron chi connectivity index (χ0n) is 14.6. The van der Waals surface area contributed by atoms with E-state index in [1.165, 1.54) is 21.3 Å². The molecule has 0 bridgehead atoms. The van der Waals surface area contributed by atoms with Crippen LogP contribution in [-0.4, -0.2) is 60.3 Å². The van der Waals surface area contributed by atoms with E-state index in [4.69, 9.17) is 0 Å². The summed E-state index contributed by atoms with van der Waals surface area (Å²) in [6.07, 6.45) is 3.15. The maximum atomic E-state index is 13.0. The summed E-state index contributed by atoms with van der Waals surface area (Å²) in [5.74, 6) is -1.74. The first-order valence-electron chi connectivity index (χ1n) is 9.00. The van der Waals surface area contributed by atoms with E-state index in [0.29, 0.717) is 38.8 Å². The number of hydrogen-bond donors (Lipinski definition) is 1. The maximum Gasteiger partial charge on any atom is 0.308 e. The molecule has 0 aliphatic carbocycles. The highest BCUT2D eigenvalue weighted by Crippen LogP contribution is 2.28. The van der Waals surface area contributed by atoms with Gasteiger partial charge in [0.2, 0.25) is 15.9 Å². The molecule has 1 N–H and O–H groups in total. The molecule has 2 heterocycles. The molecule has 7 nitrogen and oxygen atoms in total. The van der Waals surface area contributed by atoms with E-state index >= 15 is 0 Å². The van der Waals surface area contributed by atoms with Crippen LogP contribution >= 0.6 is 0 Å². The third-order valence-electron chi connectivity index (χ3n) is 5.17. The van der Waals surface area contributed by atoms with Crippen molar-refractivity contribution in [2.75, 3.05) is 19.6 Å². The Kier molecular flexibility index (Phi) is 5.62. The standard InChI is InChI=1S/C18H24N2O5S/c21-17(19-11-6-7-14(13-19)18(22)23)16-10-4-5-12-20(16)26(24,25)15-8-2-1-3-9-15/h1-3,8-9,14,16H,4-7,10-13H2,(H,22,23)/t14-,16?/m0/s1. The maximum absolute atomic E-state index is 13.0. The Labute approximate surface area is 153 Å². The van der Waals surface area contributed by atoms with Gasteiger partial charge in [-0.05, 0) is 37.8 Å². The number of benzene rings is 1. The molecular formula is C18H24N2O5S. The van der Waals surface area contributed by atoms with Crippen LogP contribution in [0.2, 0.25) is 0 Å². The molecule has 1 aromatic carbocycles. The molecule has 2 atom stereocenters. The van der Waals surface area contributed by atoms with Crippen molar-refractivity contribution in [1.82, 2.24) is 9.21 Å². The highest BCUT2D eigenvalue weighted by atomic mass is 32.2. The van der Waals surface area contributed by atoms with Crippen LogP contribution in [0.1, 0.15) is 32.1 Å². The number of aliphatic carboxylic acids is 1. The Bertz CT molecular complexity index is 765. The third kappa shape index (κ3) is 3.76. The molecule has 0 aromatic heterocycles. The van der Waals surface area contributed by atoms with E-state index in [1.54, 1.807) is 18.2 Å². The lowest BCUT2D eigenvalue weighted by molar-refractivity contribution is -0.147. The Morgan fingerprint density at radius 3 is 2.42 bits per heavy atom. The average molecular weight is 380 g/mol. The summed E-state index contributed by atoms with van der Waals surface area (Å²) in [5.41, 5.74) is 0. The molecular weight excluding hydrogens is 356 g/mol. The summed E-state index contributed by atoms with van der Waals surface area (Å²) in [7, 11) is -3.76. The van der Waals surface area contributed by atoms with Crippen LogP contribution in [0, 0.1) is 5.92 Å². The number of rotatable bonds is 4. The summed E-state index contributed by atoms with van der Waals surface area (Å²) in [4.78, 5) is 26.0. The fraction of sp³-hybridized carbons (Fsp3) is 0.556. The van der Waals surface area contributed by atoms with Crippen molar-refractivity contribution in [1.29, 1.82) is 0 Å². The minimum atomic E-state index is -3.76. The second-order valence-corrected chi connectivity index (χ2v) is 8.79. The molecule has 0 spiro atoms. The van der Waals surface area contributed by atoms with Crippen LogP contribution in [0.5, 0.6) is 0 Å². The third-order valence-corrected chi connectivity index (χ3v) is 7.09. The first-order valence-corrected chi connectivity index (χ1v) is 10.4. The molecule has 0 saturated carbocycles. The number of carboxylic acids is 1. The molecule has 1 amide bonds. The molecule has 2 fully saturated rings. The van der Waals surface area contributed by atoms with Gasteiger partial charge in [-0.25, -0.2) is 8.42 Å². The van der Waals surface area contributed by atoms with Crippen LogP contribution in [0.3, 0.4) is 0 Å². The minimum Gasteiger partial charge on any atom is -0.481 e. The summed E-state index contributed by atoms with van der Waals surface area (Å²) in [6.45, 7) is 0.950. The molecule has 142 valence electrons. The number of carbonyl (C=O) groups excluding carboxylic acids is 1. The SMILES string of the molecule is O=C(O)[C@H]1CCCN(C(=O)C2CCCCN2S(=O)(=O)c2ccccc2)C1. The summed E-state index contributed by atoms with van der Waals surface area (Å²) >= 11 is 0. The van der Waals surface area contributed by atoms with Gasteiger partial charge in [0, 0.05) is 19.6 Å². The van der Waals surface area contributed by atoms with E-state index in [2.05, 4.69) is 0 Å². The fourth-order valence-electron chi connectivity index (χ4n) is 3.76. The van der Waals surface area contributed by atoms with Gasteiger partial charge < -0.3 is 10.0 Å². The Balaban J connectivity index is 1.83. The molecule has 1 unspecified atom stereocenters. The normalized spacial score (nSPS) is 25.0. The number of carbonyl (C=O) groups is 2. The predicted octanol–water partition coefficient (Wildman–Crippen LogP) is 1.55. The Hall–Kier alpha value is -1.93. The highest BCUT2D eigenvalue weighted by molar-refractivity contribution is 7.89. The van der Waals surface area contributed by atoms with Gasteiger partial charge in [0.05, 0.1) is 10.8 Å². The molecule has 8 heteroatoms. The molecule has 3 rings (SSSR count). The monoisotopic (exact) mass is 380 g/mol. The van der Waals surface area contributed by atoms with Gasteiger partial charge in [0.25, 0.3) is 0 Å². The number of likely N-dealkylation sites (tertiary alicyclic amines) is 1. The Morgan fingerprint density at radius 2 is 1.73 bits per heavy atom.